The number of nitrogens with zero attached hydrogens (tertiary/aromatic N) is 3. The van der Waals surface area contributed by atoms with Crippen LogP contribution in [0.15, 0.2) is 28.4 Å². The molecular formula is C17H26N4O3S. The van der Waals surface area contributed by atoms with Gasteiger partial charge in [0.2, 0.25) is 0 Å². The first-order valence-corrected chi connectivity index (χ1v) is 9.35. The summed E-state index contributed by atoms with van der Waals surface area (Å²) in [5.74, 6) is 1.02. The molecule has 0 radical (unpaired) electrons. The van der Waals surface area contributed by atoms with Gasteiger partial charge in [-0.15, -0.1) is 5.10 Å². The molecule has 7 nitrogen and oxygen atoms in total. The summed E-state index contributed by atoms with van der Waals surface area (Å²) in [5, 5.41) is 8.15. The molecule has 0 saturated heterocycles. The van der Waals surface area contributed by atoms with E-state index < -0.39 is 0 Å². The van der Waals surface area contributed by atoms with Crippen LogP contribution < -0.4 is 15.2 Å². The Balaban J connectivity index is 2.85. The minimum Gasteiger partial charge on any atom is -0.490 e. The number of nitrogens with two attached hydrogens (primary N) is 1. The van der Waals surface area contributed by atoms with Gasteiger partial charge in [0.15, 0.2) is 23.3 Å². The van der Waals surface area contributed by atoms with Crippen molar-refractivity contribution in [2.45, 2.75) is 20.8 Å². The molecule has 0 saturated carbocycles. The molecule has 0 aliphatic rings. The fourth-order valence-corrected chi connectivity index (χ4v) is 2.12. The number of ether oxygens (including phenoxy) is 2. The van der Waals surface area contributed by atoms with Crippen LogP contribution in [0.5, 0.6) is 11.5 Å². The minimum atomic E-state index is -0.0556. The van der Waals surface area contributed by atoms with Crippen molar-refractivity contribution in [3.8, 4) is 11.5 Å². The molecule has 0 atom stereocenters. The van der Waals surface area contributed by atoms with Crippen molar-refractivity contribution in [2.75, 3.05) is 32.6 Å². The Morgan fingerprint density at radius 1 is 1.24 bits per heavy atom. The zero-order valence-corrected chi connectivity index (χ0v) is 16.0. The maximum Gasteiger partial charge on any atom is 0.260 e. The van der Waals surface area contributed by atoms with Crippen LogP contribution in [-0.4, -0.2) is 54.7 Å². The van der Waals surface area contributed by atoms with Gasteiger partial charge in [0.1, 0.15) is 0 Å². The van der Waals surface area contributed by atoms with Crippen LogP contribution in [0.25, 0.3) is 0 Å². The molecule has 0 fully saturated rings. The molecule has 0 heterocycles. The summed E-state index contributed by atoms with van der Waals surface area (Å²) in [7, 11) is 0. The van der Waals surface area contributed by atoms with Crippen LogP contribution in [0.2, 0.25) is 0 Å². The molecule has 0 aromatic heterocycles. The standard InChI is InChI=1S/C17H26N4O3S/c1-5-21(6-2)16(22)12-24-14-9-8-13(10-15(14)23-7-3)11-19-20-17(18)25-4/h8-11H,5-7,12H2,1-4H3,(H2,18,20)/b19-11-. The number of thioether (sulfide) groups is 1. The van der Waals surface area contributed by atoms with Crippen molar-refractivity contribution >= 4 is 29.1 Å². The molecule has 8 heteroatoms. The second-order valence-corrected chi connectivity index (χ2v) is 5.71. The highest BCUT2D eigenvalue weighted by atomic mass is 32.2. The number of likely N-dealkylation sites (N-methyl/N-ethyl adjacent to an activating group) is 1. The van der Waals surface area contributed by atoms with Crippen LogP contribution in [0.4, 0.5) is 0 Å². The fourth-order valence-electron chi connectivity index (χ4n) is 1.99. The Bertz CT molecular complexity index is 616. The van der Waals surface area contributed by atoms with Crippen LogP contribution >= 0.6 is 11.8 Å². The summed E-state index contributed by atoms with van der Waals surface area (Å²) in [6.07, 6.45) is 3.41. The van der Waals surface area contributed by atoms with E-state index in [0.29, 0.717) is 36.4 Å². The van der Waals surface area contributed by atoms with E-state index in [0.717, 1.165) is 5.56 Å². The quantitative estimate of drug-likeness (QED) is 0.412. The van der Waals surface area contributed by atoms with E-state index in [9.17, 15) is 4.79 Å². The number of hydrogen-bond donors (Lipinski definition) is 1. The summed E-state index contributed by atoms with van der Waals surface area (Å²) in [4.78, 5) is 13.8. The second kappa shape index (κ2) is 11.4. The largest absolute Gasteiger partial charge is 0.490 e. The van der Waals surface area contributed by atoms with E-state index >= 15 is 0 Å². The molecule has 1 amide bonds. The van der Waals surface area contributed by atoms with Crippen molar-refractivity contribution in [3.05, 3.63) is 23.8 Å². The summed E-state index contributed by atoms with van der Waals surface area (Å²) in [6.45, 7) is 7.54. The Kier molecular flexibility index (Phi) is 9.46. The maximum absolute atomic E-state index is 12.1. The van der Waals surface area contributed by atoms with E-state index in [1.54, 1.807) is 23.2 Å². The molecule has 1 aromatic carbocycles. The Labute approximate surface area is 153 Å². The topological polar surface area (TPSA) is 89.5 Å². The van der Waals surface area contributed by atoms with Gasteiger partial charge in [0, 0.05) is 13.1 Å². The van der Waals surface area contributed by atoms with Gasteiger partial charge in [-0.05, 0) is 50.8 Å². The summed E-state index contributed by atoms with van der Waals surface area (Å²) >= 11 is 1.32. The van der Waals surface area contributed by atoms with Crippen molar-refractivity contribution in [2.24, 2.45) is 15.9 Å². The Morgan fingerprint density at radius 2 is 1.96 bits per heavy atom. The molecule has 1 rings (SSSR count). The normalized spacial score (nSPS) is 11.6. The average molecular weight is 366 g/mol. The van der Waals surface area contributed by atoms with Crippen LogP contribution in [0.3, 0.4) is 0 Å². The highest BCUT2D eigenvalue weighted by Crippen LogP contribution is 2.28. The number of benzene rings is 1. The average Bonchev–Trinajstić information content (AvgIpc) is 2.62. The van der Waals surface area contributed by atoms with Gasteiger partial charge in [0.05, 0.1) is 12.8 Å². The first-order valence-electron chi connectivity index (χ1n) is 8.13. The van der Waals surface area contributed by atoms with Gasteiger partial charge in [-0.2, -0.15) is 5.10 Å². The molecule has 0 bridgehead atoms. The van der Waals surface area contributed by atoms with Crippen molar-refractivity contribution in [3.63, 3.8) is 0 Å². The number of carbonyl (C=O) groups excluding carboxylic acids is 1. The lowest BCUT2D eigenvalue weighted by Gasteiger charge is -2.19. The van der Waals surface area contributed by atoms with Crippen LogP contribution in [0, 0.1) is 0 Å². The number of carbonyl (C=O) groups is 1. The van der Waals surface area contributed by atoms with E-state index in [1.807, 2.05) is 33.1 Å². The van der Waals surface area contributed by atoms with Gasteiger partial charge in [-0.1, -0.05) is 11.8 Å². The van der Waals surface area contributed by atoms with E-state index in [4.69, 9.17) is 15.2 Å². The minimum absolute atomic E-state index is 0.0241. The van der Waals surface area contributed by atoms with Crippen molar-refractivity contribution in [1.29, 1.82) is 0 Å². The molecule has 0 spiro atoms. The Morgan fingerprint density at radius 3 is 2.56 bits per heavy atom. The first kappa shape index (κ1) is 20.8. The lowest BCUT2D eigenvalue weighted by atomic mass is 10.2. The lowest BCUT2D eigenvalue weighted by Crippen LogP contribution is -2.34. The summed E-state index contributed by atoms with van der Waals surface area (Å²) in [5.41, 5.74) is 6.37. The maximum atomic E-state index is 12.1. The summed E-state index contributed by atoms with van der Waals surface area (Å²) < 4.78 is 11.2. The lowest BCUT2D eigenvalue weighted by molar-refractivity contribution is -0.132. The number of amidine groups is 1. The molecule has 0 unspecified atom stereocenters. The third-order valence-electron chi connectivity index (χ3n) is 3.31. The summed E-state index contributed by atoms with van der Waals surface area (Å²) in [6, 6.07) is 5.35. The molecule has 0 aliphatic heterocycles. The molecular weight excluding hydrogens is 340 g/mol. The third kappa shape index (κ3) is 7.04. The first-order chi connectivity index (χ1) is 12.0. The smallest absolute Gasteiger partial charge is 0.260 e. The molecule has 0 aliphatic carbocycles. The van der Waals surface area contributed by atoms with E-state index in [1.165, 1.54) is 11.8 Å². The number of rotatable bonds is 9. The van der Waals surface area contributed by atoms with Gasteiger partial charge in [-0.25, -0.2) is 0 Å². The molecule has 138 valence electrons. The zero-order chi connectivity index (χ0) is 18.7. The zero-order valence-electron chi connectivity index (χ0n) is 15.2. The highest BCUT2D eigenvalue weighted by molar-refractivity contribution is 8.13. The molecule has 25 heavy (non-hydrogen) atoms. The third-order valence-corrected chi connectivity index (χ3v) is 3.81. The van der Waals surface area contributed by atoms with E-state index in [2.05, 4.69) is 10.2 Å². The van der Waals surface area contributed by atoms with Crippen molar-refractivity contribution < 1.29 is 14.3 Å². The fraction of sp³-hybridized carbons (Fsp3) is 0.471. The molecule has 1 aromatic rings. The van der Waals surface area contributed by atoms with Gasteiger partial charge >= 0.3 is 0 Å². The Hall–Kier alpha value is -2.22. The highest BCUT2D eigenvalue weighted by Gasteiger charge is 2.12. The van der Waals surface area contributed by atoms with Gasteiger partial charge in [0.25, 0.3) is 5.91 Å². The number of hydrogen-bond acceptors (Lipinski definition) is 6. The van der Waals surface area contributed by atoms with E-state index in [-0.39, 0.29) is 12.5 Å². The van der Waals surface area contributed by atoms with Crippen LogP contribution in [0.1, 0.15) is 26.3 Å². The van der Waals surface area contributed by atoms with Crippen LogP contribution in [-0.2, 0) is 4.79 Å². The SMILES string of the molecule is CCOc1cc(/C=N\N=C(/N)SC)ccc1OCC(=O)N(CC)CC. The van der Waals surface area contributed by atoms with Gasteiger partial charge < -0.3 is 20.1 Å². The second-order valence-electron chi connectivity index (χ2n) is 4.88. The number of amides is 1. The van der Waals surface area contributed by atoms with Crippen molar-refractivity contribution in [1.82, 2.24) is 4.90 Å². The molecule has 2 N–H and O–H groups in total. The predicted molar refractivity (Wildman–Crippen MR) is 104 cm³/mol. The monoisotopic (exact) mass is 366 g/mol. The predicted octanol–water partition coefficient (Wildman–Crippen LogP) is 2.34. The van der Waals surface area contributed by atoms with Gasteiger partial charge in [-0.3, -0.25) is 4.79 Å².